The molecule has 0 aliphatic heterocycles. The van der Waals surface area contributed by atoms with Crippen LogP contribution >= 0.6 is 22.9 Å². The summed E-state index contributed by atoms with van der Waals surface area (Å²) in [6.45, 7) is 3.24. The highest BCUT2D eigenvalue weighted by atomic mass is 35.5. The molecule has 0 saturated carbocycles. The highest BCUT2D eigenvalue weighted by Crippen LogP contribution is 2.23. The zero-order chi connectivity index (χ0) is 16.3. The van der Waals surface area contributed by atoms with E-state index >= 15 is 0 Å². The van der Waals surface area contributed by atoms with Crippen molar-refractivity contribution in [3.05, 3.63) is 50.9 Å². The number of halogens is 2. The van der Waals surface area contributed by atoms with Gasteiger partial charge in [-0.05, 0) is 49.1 Å². The summed E-state index contributed by atoms with van der Waals surface area (Å²) >= 11 is 7.08. The lowest BCUT2D eigenvalue weighted by molar-refractivity contribution is -0.123. The van der Waals surface area contributed by atoms with Gasteiger partial charge in [0, 0.05) is 0 Å². The molecular weight excluding hydrogens is 329 g/mol. The second-order valence-corrected chi connectivity index (χ2v) is 5.92. The third-order valence-electron chi connectivity index (χ3n) is 2.89. The molecule has 1 amide bonds. The minimum atomic E-state index is -1.00. The number of aryl methyl sites for hydroxylation is 1. The number of ether oxygens (including phenoxy) is 1. The standard InChI is InChI=1S/C15H13ClFNO3S/c1-8-5-6-22-13(8)15(20)21-9(2)14(19)18-12-4-3-10(17)7-11(12)16/h3-7,9H,1-2H3,(H,18,19)/t9-/m0/s1. The van der Waals surface area contributed by atoms with Gasteiger partial charge < -0.3 is 10.1 Å². The number of hydrogen-bond acceptors (Lipinski definition) is 4. The van der Waals surface area contributed by atoms with E-state index in [1.165, 1.54) is 30.4 Å². The van der Waals surface area contributed by atoms with Crippen molar-refractivity contribution in [3.8, 4) is 0 Å². The maximum absolute atomic E-state index is 12.9. The van der Waals surface area contributed by atoms with Crippen LogP contribution in [0.2, 0.25) is 5.02 Å². The quantitative estimate of drug-likeness (QED) is 0.854. The molecule has 116 valence electrons. The van der Waals surface area contributed by atoms with Gasteiger partial charge in [-0.15, -0.1) is 11.3 Å². The van der Waals surface area contributed by atoms with E-state index in [-0.39, 0.29) is 10.7 Å². The molecule has 1 heterocycles. The number of carbonyl (C=O) groups excluding carboxylic acids is 2. The fourth-order valence-corrected chi connectivity index (χ4v) is 2.70. The monoisotopic (exact) mass is 341 g/mol. The molecule has 0 aliphatic carbocycles. The molecule has 0 radical (unpaired) electrons. The Bertz CT molecular complexity index is 717. The van der Waals surface area contributed by atoms with Crippen molar-refractivity contribution in [2.45, 2.75) is 20.0 Å². The number of anilines is 1. The van der Waals surface area contributed by atoms with Gasteiger partial charge in [-0.1, -0.05) is 11.6 Å². The van der Waals surface area contributed by atoms with Crippen molar-refractivity contribution in [1.82, 2.24) is 0 Å². The van der Waals surface area contributed by atoms with Crippen LogP contribution < -0.4 is 5.32 Å². The van der Waals surface area contributed by atoms with Crippen molar-refractivity contribution in [2.24, 2.45) is 0 Å². The van der Waals surface area contributed by atoms with Crippen LogP contribution in [0, 0.1) is 12.7 Å². The molecule has 0 aliphatic rings. The molecule has 1 N–H and O–H groups in total. The van der Waals surface area contributed by atoms with E-state index in [0.29, 0.717) is 4.88 Å². The van der Waals surface area contributed by atoms with Gasteiger partial charge in [0.15, 0.2) is 6.10 Å². The average Bonchev–Trinajstić information content (AvgIpc) is 2.88. The molecule has 0 unspecified atom stereocenters. The molecule has 7 heteroatoms. The van der Waals surface area contributed by atoms with Gasteiger partial charge in [-0.3, -0.25) is 4.79 Å². The Morgan fingerprint density at radius 2 is 2.09 bits per heavy atom. The first kappa shape index (κ1) is 16.5. The predicted octanol–water partition coefficient (Wildman–Crippen LogP) is 4.03. The van der Waals surface area contributed by atoms with Gasteiger partial charge >= 0.3 is 5.97 Å². The Labute approximate surface area is 135 Å². The summed E-state index contributed by atoms with van der Waals surface area (Å²) in [5.41, 5.74) is 1.05. The minimum Gasteiger partial charge on any atom is -0.448 e. The Balaban J connectivity index is 2.00. The van der Waals surface area contributed by atoms with Crippen LogP contribution in [-0.2, 0) is 9.53 Å². The Morgan fingerprint density at radius 1 is 1.36 bits per heavy atom. The van der Waals surface area contributed by atoms with Crippen molar-refractivity contribution >= 4 is 40.5 Å². The normalized spacial score (nSPS) is 11.8. The first-order valence-electron chi connectivity index (χ1n) is 6.39. The van der Waals surface area contributed by atoms with Crippen LogP contribution in [0.1, 0.15) is 22.2 Å². The van der Waals surface area contributed by atoms with Gasteiger partial charge in [0.25, 0.3) is 5.91 Å². The van der Waals surface area contributed by atoms with Crippen LogP contribution in [0.25, 0.3) is 0 Å². The summed E-state index contributed by atoms with van der Waals surface area (Å²) in [5.74, 6) is -1.60. The van der Waals surface area contributed by atoms with E-state index < -0.39 is 23.8 Å². The van der Waals surface area contributed by atoms with Crippen LogP contribution in [0.3, 0.4) is 0 Å². The van der Waals surface area contributed by atoms with E-state index in [1.807, 2.05) is 0 Å². The SMILES string of the molecule is Cc1ccsc1C(=O)O[C@@H](C)C(=O)Nc1ccc(F)cc1Cl. The number of rotatable bonds is 4. The third-order valence-corrected chi connectivity index (χ3v) is 4.20. The molecule has 2 rings (SSSR count). The maximum atomic E-state index is 12.9. The molecule has 1 aromatic carbocycles. The molecule has 4 nitrogen and oxygen atoms in total. The highest BCUT2D eigenvalue weighted by molar-refractivity contribution is 7.12. The van der Waals surface area contributed by atoms with E-state index in [0.717, 1.165) is 11.6 Å². The lowest BCUT2D eigenvalue weighted by Crippen LogP contribution is -2.30. The van der Waals surface area contributed by atoms with Crippen LogP contribution in [-0.4, -0.2) is 18.0 Å². The average molecular weight is 342 g/mol. The molecule has 1 atom stereocenters. The zero-order valence-corrected chi connectivity index (χ0v) is 13.4. The Hall–Kier alpha value is -1.92. The molecule has 1 aromatic heterocycles. The largest absolute Gasteiger partial charge is 0.448 e. The predicted molar refractivity (Wildman–Crippen MR) is 84.0 cm³/mol. The van der Waals surface area contributed by atoms with E-state index in [4.69, 9.17) is 16.3 Å². The molecule has 0 fully saturated rings. The van der Waals surface area contributed by atoms with Gasteiger partial charge in [-0.2, -0.15) is 0 Å². The number of nitrogens with one attached hydrogen (secondary N) is 1. The molecule has 0 bridgehead atoms. The Kier molecular flexibility index (Phi) is 5.15. The smallest absolute Gasteiger partial charge is 0.349 e. The first-order chi connectivity index (χ1) is 10.4. The number of hydrogen-bond donors (Lipinski definition) is 1. The highest BCUT2D eigenvalue weighted by Gasteiger charge is 2.21. The van der Waals surface area contributed by atoms with Gasteiger partial charge in [0.2, 0.25) is 0 Å². The van der Waals surface area contributed by atoms with Crippen molar-refractivity contribution in [3.63, 3.8) is 0 Å². The lowest BCUT2D eigenvalue weighted by atomic mass is 10.2. The molecule has 22 heavy (non-hydrogen) atoms. The molecule has 2 aromatic rings. The molecule has 0 saturated heterocycles. The van der Waals surface area contributed by atoms with Crippen LogP contribution in [0.15, 0.2) is 29.6 Å². The summed E-state index contributed by atoms with van der Waals surface area (Å²) in [7, 11) is 0. The second kappa shape index (κ2) is 6.89. The summed E-state index contributed by atoms with van der Waals surface area (Å²) in [6, 6.07) is 5.40. The fraction of sp³-hybridized carbons (Fsp3) is 0.200. The summed E-state index contributed by atoms with van der Waals surface area (Å²) in [6.07, 6.45) is -1.00. The second-order valence-electron chi connectivity index (χ2n) is 4.59. The number of carbonyl (C=O) groups is 2. The lowest BCUT2D eigenvalue weighted by Gasteiger charge is -2.14. The fourth-order valence-electron chi connectivity index (χ4n) is 1.67. The van der Waals surface area contributed by atoms with E-state index in [2.05, 4.69) is 5.32 Å². The third kappa shape index (κ3) is 3.84. The van der Waals surface area contributed by atoms with Crippen LogP contribution in [0.4, 0.5) is 10.1 Å². The van der Waals surface area contributed by atoms with Gasteiger partial charge in [0.05, 0.1) is 10.7 Å². The van der Waals surface area contributed by atoms with Crippen molar-refractivity contribution in [1.29, 1.82) is 0 Å². The minimum absolute atomic E-state index is 0.0703. The number of amides is 1. The summed E-state index contributed by atoms with van der Waals surface area (Å²) in [5, 5.41) is 4.33. The van der Waals surface area contributed by atoms with Gasteiger partial charge in [0.1, 0.15) is 10.7 Å². The maximum Gasteiger partial charge on any atom is 0.349 e. The van der Waals surface area contributed by atoms with Crippen molar-refractivity contribution in [2.75, 3.05) is 5.32 Å². The number of benzene rings is 1. The Morgan fingerprint density at radius 3 is 2.68 bits per heavy atom. The number of thiophene rings is 1. The van der Waals surface area contributed by atoms with Crippen LogP contribution in [0.5, 0.6) is 0 Å². The van der Waals surface area contributed by atoms with E-state index in [9.17, 15) is 14.0 Å². The van der Waals surface area contributed by atoms with Crippen molar-refractivity contribution < 1.29 is 18.7 Å². The number of esters is 1. The zero-order valence-electron chi connectivity index (χ0n) is 11.9. The topological polar surface area (TPSA) is 55.4 Å². The molecule has 0 spiro atoms. The van der Waals surface area contributed by atoms with Gasteiger partial charge in [-0.25, -0.2) is 9.18 Å². The summed E-state index contributed by atoms with van der Waals surface area (Å²) in [4.78, 5) is 24.4. The summed E-state index contributed by atoms with van der Waals surface area (Å²) < 4.78 is 18.1. The molecular formula is C15H13ClFNO3S. The van der Waals surface area contributed by atoms with E-state index in [1.54, 1.807) is 18.4 Å². The first-order valence-corrected chi connectivity index (χ1v) is 7.65.